The molecule has 0 radical (unpaired) electrons. The van der Waals surface area contributed by atoms with E-state index in [1.165, 1.54) is 154 Å². The highest BCUT2D eigenvalue weighted by Crippen LogP contribution is 2.43. The average molecular weight is 1130 g/mol. The van der Waals surface area contributed by atoms with Crippen molar-refractivity contribution in [1.29, 1.82) is 0 Å². The highest BCUT2D eigenvalue weighted by molar-refractivity contribution is 7.47. The van der Waals surface area contributed by atoms with E-state index in [1.807, 2.05) is 33.3 Å². The number of hydrogen-bond acceptors (Lipinski definition) is 6. The Hall–Kier alpha value is -2.81. The van der Waals surface area contributed by atoms with Crippen molar-refractivity contribution in [1.82, 2.24) is 5.32 Å². The van der Waals surface area contributed by atoms with Crippen molar-refractivity contribution < 1.29 is 37.3 Å². The van der Waals surface area contributed by atoms with Crippen LogP contribution in [0.15, 0.2) is 85.1 Å². The maximum absolute atomic E-state index is 13.6. The zero-order valence-electron chi connectivity index (χ0n) is 52.3. The quantitative estimate of drug-likeness (QED) is 0.0205. The number of nitrogens with one attached hydrogen (secondary N) is 1. The van der Waals surface area contributed by atoms with Crippen molar-refractivity contribution >= 4 is 19.7 Å². The van der Waals surface area contributed by atoms with Crippen LogP contribution in [0.1, 0.15) is 290 Å². The van der Waals surface area contributed by atoms with E-state index in [1.54, 1.807) is 0 Å². The van der Waals surface area contributed by atoms with E-state index >= 15 is 0 Å². The van der Waals surface area contributed by atoms with Gasteiger partial charge < -0.3 is 19.4 Å². The minimum absolute atomic E-state index is 0.0336. The number of rotatable bonds is 59. The van der Waals surface area contributed by atoms with Gasteiger partial charge in [-0.25, -0.2) is 4.57 Å². The Bertz CT molecular complexity index is 1630. The Morgan fingerprint density at radius 1 is 0.443 bits per heavy atom. The lowest BCUT2D eigenvalue weighted by molar-refractivity contribution is -0.870. The Kier molecular flexibility index (Phi) is 56.3. The fourth-order valence-electron chi connectivity index (χ4n) is 9.19. The molecule has 0 heterocycles. The molecule has 3 atom stereocenters. The molecule has 0 spiro atoms. The summed E-state index contributed by atoms with van der Waals surface area (Å²) in [6.07, 6.45) is 77.2. The number of nitrogens with zero attached hydrogens (tertiary/aromatic N) is 1. The number of esters is 1. The summed E-state index contributed by atoms with van der Waals surface area (Å²) >= 11 is 0. The van der Waals surface area contributed by atoms with Crippen molar-refractivity contribution in [2.45, 2.75) is 303 Å². The van der Waals surface area contributed by atoms with Gasteiger partial charge in [-0.2, -0.15) is 0 Å². The minimum Gasteiger partial charge on any atom is -0.456 e. The highest BCUT2D eigenvalue weighted by atomic mass is 31.2. The van der Waals surface area contributed by atoms with Crippen LogP contribution in [-0.2, 0) is 27.9 Å². The second kappa shape index (κ2) is 58.4. The van der Waals surface area contributed by atoms with Crippen LogP contribution in [0.25, 0.3) is 0 Å². The van der Waals surface area contributed by atoms with Crippen molar-refractivity contribution in [3.63, 3.8) is 0 Å². The molecule has 3 unspecified atom stereocenters. The van der Waals surface area contributed by atoms with Crippen molar-refractivity contribution in [2.75, 3.05) is 40.9 Å². The van der Waals surface area contributed by atoms with E-state index < -0.39 is 20.0 Å². The average Bonchev–Trinajstić information content (AvgIpc) is 3.41. The number of ether oxygens (including phenoxy) is 1. The Morgan fingerprint density at radius 3 is 1.18 bits per heavy atom. The number of unbranched alkanes of at least 4 members (excludes halogenated alkanes) is 31. The van der Waals surface area contributed by atoms with Gasteiger partial charge in [0, 0.05) is 12.8 Å². The van der Waals surface area contributed by atoms with Crippen LogP contribution in [0.3, 0.4) is 0 Å². The van der Waals surface area contributed by atoms with Crippen LogP contribution in [0.4, 0.5) is 0 Å². The van der Waals surface area contributed by atoms with Gasteiger partial charge in [0.25, 0.3) is 0 Å². The summed E-state index contributed by atoms with van der Waals surface area (Å²) in [7, 11) is 1.48. The van der Waals surface area contributed by atoms with Gasteiger partial charge in [-0.15, -0.1) is 0 Å². The fourth-order valence-corrected chi connectivity index (χ4v) is 9.93. The largest absolute Gasteiger partial charge is 0.472 e. The lowest BCUT2D eigenvalue weighted by Gasteiger charge is -2.27. The summed E-state index contributed by atoms with van der Waals surface area (Å²) < 4.78 is 30.7. The summed E-state index contributed by atoms with van der Waals surface area (Å²) in [4.78, 5) is 37.8. The molecule has 0 saturated carbocycles. The number of carbonyl (C=O) groups excluding carboxylic acids is 2. The number of hydrogen-bond donors (Lipinski definition) is 2. The van der Waals surface area contributed by atoms with Crippen molar-refractivity contribution in [3.05, 3.63) is 85.1 Å². The molecule has 0 aromatic rings. The lowest BCUT2D eigenvalue weighted by Crippen LogP contribution is -2.47. The smallest absolute Gasteiger partial charge is 0.456 e. The normalized spacial score (nSPS) is 14.2. The molecule has 0 bridgehead atoms. The maximum atomic E-state index is 13.6. The van der Waals surface area contributed by atoms with Crippen molar-refractivity contribution in [3.8, 4) is 0 Å². The number of quaternary nitrogens is 1. The van der Waals surface area contributed by atoms with Crippen molar-refractivity contribution in [2.24, 2.45) is 0 Å². The zero-order chi connectivity index (χ0) is 57.9. The number of phosphoric ester groups is 1. The summed E-state index contributed by atoms with van der Waals surface area (Å²) in [5.41, 5.74) is 0. The topological polar surface area (TPSA) is 111 Å². The fraction of sp³-hybridized carbons (Fsp3) is 0.768. The predicted octanol–water partition coefficient (Wildman–Crippen LogP) is 20.6. The number of likely N-dealkylation sites (N-methyl/N-ethyl adjacent to an activating group) is 1. The number of phosphoric acid groups is 1. The first-order valence-electron chi connectivity index (χ1n) is 32.9. The monoisotopic (exact) mass is 1130 g/mol. The first-order valence-corrected chi connectivity index (χ1v) is 34.4. The Labute approximate surface area is 488 Å². The van der Waals surface area contributed by atoms with E-state index in [0.717, 1.165) is 96.3 Å². The molecule has 0 saturated heterocycles. The standard InChI is InChI=1S/C69H125N2O7P/c1-7-10-13-16-19-22-25-27-29-31-33-35-37-39-41-43-46-49-52-55-58-61-68(72)70-66(65-77-79(74,75)76-64-63-71(4,5)6)67(60-57-54-51-48-45-24-21-18-15-12-9-3)78-69(73)62-59-56-53-50-47-44-42-40-38-36-34-32-30-28-26-23-20-17-14-11-8-2/h19-20,22-23,27-30,34,36,40,42,57,60,66-67H,7-18,21,24-26,31-33,35,37-39,41,43-56,58-59,61-65H2,1-6H3,(H-,70,72,74,75)/p+1/b22-19-,23-20-,29-27-,30-28-,36-34-,42-40-,60-57+. The molecule has 1 amide bonds. The molecule has 9 nitrogen and oxygen atoms in total. The van der Waals surface area contributed by atoms with Gasteiger partial charge in [-0.05, 0) is 109 Å². The van der Waals surface area contributed by atoms with Gasteiger partial charge in [0.1, 0.15) is 19.3 Å². The van der Waals surface area contributed by atoms with E-state index in [4.69, 9.17) is 13.8 Å². The third-order valence-corrected chi connectivity index (χ3v) is 15.3. The molecule has 0 aromatic heterocycles. The van der Waals surface area contributed by atoms with Gasteiger partial charge in [-0.3, -0.25) is 18.6 Å². The van der Waals surface area contributed by atoms with E-state index in [0.29, 0.717) is 23.9 Å². The molecule has 0 fully saturated rings. The predicted molar refractivity (Wildman–Crippen MR) is 341 cm³/mol. The number of allylic oxidation sites excluding steroid dienone is 13. The third-order valence-electron chi connectivity index (χ3n) is 14.3. The van der Waals surface area contributed by atoms with E-state index in [-0.39, 0.29) is 31.5 Å². The molecular weight excluding hydrogens is 1000 g/mol. The molecule has 0 rings (SSSR count). The molecule has 458 valence electrons. The summed E-state index contributed by atoms with van der Waals surface area (Å²) in [6, 6.07) is -0.861. The maximum Gasteiger partial charge on any atom is 0.472 e. The lowest BCUT2D eigenvalue weighted by atomic mass is 10.0. The third kappa shape index (κ3) is 59.6. The van der Waals surface area contributed by atoms with Gasteiger partial charge in [0.05, 0.1) is 33.8 Å². The van der Waals surface area contributed by atoms with Gasteiger partial charge in [-0.1, -0.05) is 254 Å². The summed E-state index contributed by atoms with van der Waals surface area (Å²) in [5, 5.41) is 3.06. The molecule has 0 aliphatic rings. The summed E-state index contributed by atoms with van der Waals surface area (Å²) in [5.74, 6) is -0.527. The van der Waals surface area contributed by atoms with Gasteiger partial charge >= 0.3 is 13.8 Å². The molecular formula is C69H126N2O7P+. The van der Waals surface area contributed by atoms with Crippen LogP contribution in [0, 0.1) is 0 Å². The number of carbonyl (C=O) groups is 2. The SMILES string of the molecule is CCCCC/C=C\C/C=C\C/C=C\C/C=C\CCCCCCCC(=O)OC(/C=C/CCCCCCCCCCC)C(COP(=O)(O)OCC[N+](C)(C)C)NC(=O)CCCCCCCCCCCCC/C=C\C/C=C\CCCCC. The second-order valence-corrected chi connectivity index (χ2v) is 24.7. The first kappa shape index (κ1) is 76.2. The van der Waals surface area contributed by atoms with Crippen LogP contribution in [0.5, 0.6) is 0 Å². The second-order valence-electron chi connectivity index (χ2n) is 23.3. The molecule has 0 aliphatic carbocycles. The first-order chi connectivity index (χ1) is 38.4. The van der Waals surface area contributed by atoms with Crippen LogP contribution < -0.4 is 5.32 Å². The molecule has 0 aromatic carbocycles. The summed E-state index contributed by atoms with van der Waals surface area (Å²) in [6.45, 7) is 6.95. The van der Waals surface area contributed by atoms with E-state index in [9.17, 15) is 19.0 Å². The number of amides is 1. The Morgan fingerprint density at radius 2 is 0.772 bits per heavy atom. The van der Waals surface area contributed by atoms with Gasteiger partial charge in [0.15, 0.2) is 0 Å². The molecule has 0 aliphatic heterocycles. The molecule has 79 heavy (non-hydrogen) atoms. The minimum atomic E-state index is -4.46. The van der Waals surface area contributed by atoms with E-state index in [2.05, 4.69) is 99.0 Å². The Balaban J connectivity index is 5.19. The zero-order valence-corrected chi connectivity index (χ0v) is 53.2. The molecule has 10 heteroatoms. The van der Waals surface area contributed by atoms with Crippen LogP contribution >= 0.6 is 7.82 Å². The van der Waals surface area contributed by atoms with Crippen LogP contribution in [0.2, 0.25) is 0 Å². The van der Waals surface area contributed by atoms with Gasteiger partial charge in [0.2, 0.25) is 5.91 Å². The van der Waals surface area contributed by atoms with Crippen LogP contribution in [-0.4, -0.2) is 74.3 Å². The highest BCUT2D eigenvalue weighted by Gasteiger charge is 2.30. The molecule has 2 N–H and O–H groups in total.